The van der Waals surface area contributed by atoms with Crippen molar-refractivity contribution >= 4 is 0 Å². The molecule has 0 saturated heterocycles. The maximum Gasteiger partial charge on any atom is 0.0613 e. The standard InChI is InChI=1S/C15H29NO/c1-3-4-5-6-7-12-16-15(13-17)10-8-14(2)9-11-15/h3,14,16-17H,1,4-13H2,2H3. The van der Waals surface area contributed by atoms with Crippen LogP contribution in [0.1, 0.15) is 58.3 Å². The number of aliphatic hydroxyl groups excluding tert-OH is 1. The van der Waals surface area contributed by atoms with E-state index < -0.39 is 0 Å². The molecule has 0 unspecified atom stereocenters. The van der Waals surface area contributed by atoms with Crippen molar-refractivity contribution in [2.45, 2.75) is 63.8 Å². The molecule has 0 radical (unpaired) electrons. The number of aliphatic hydroxyl groups is 1. The van der Waals surface area contributed by atoms with Gasteiger partial charge in [-0.2, -0.15) is 0 Å². The zero-order valence-electron chi connectivity index (χ0n) is 11.4. The third-order valence-corrected chi connectivity index (χ3v) is 4.12. The maximum atomic E-state index is 9.59. The lowest BCUT2D eigenvalue weighted by Gasteiger charge is -2.39. The van der Waals surface area contributed by atoms with E-state index in [9.17, 15) is 5.11 Å². The summed E-state index contributed by atoms with van der Waals surface area (Å²) in [6, 6.07) is 0. The van der Waals surface area contributed by atoms with E-state index in [4.69, 9.17) is 0 Å². The first kappa shape index (κ1) is 14.7. The van der Waals surface area contributed by atoms with Crippen molar-refractivity contribution in [3.05, 3.63) is 12.7 Å². The lowest BCUT2D eigenvalue weighted by Crippen LogP contribution is -2.51. The Kier molecular flexibility index (Phi) is 6.83. The van der Waals surface area contributed by atoms with Crippen LogP contribution in [-0.2, 0) is 0 Å². The molecule has 0 aliphatic heterocycles. The van der Waals surface area contributed by atoms with Gasteiger partial charge in [-0.3, -0.25) is 0 Å². The van der Waals surface area contributed by atoms with Crippen LogP contribution in [0, 0.1) is 5.92 Å². The quantitative estimate of drug-likeness (QED) is 0.503. The molecule has 0 bridgehead atoms. The van der Waals surface area contributed by atoms with Crippen LogP contribution in [0.15, 0.2) is 12.7 Å². The normalized spacial score (nSPS) is 29.2. The molecule has 0 aromatic heterocycles. The predicted octanol–water partition coefficient (Wildman–Crippen LogP) is 3.26. The van der Waals surface area contributed by atoms with Crippen molar-refractivity contribution in [2.75, 3.05) is 13.2 Å². The second-order valence-electron chi connectivity index (χ2n) is 5.69. The summed E-state index contributed by atoms with van der Waals surface area (Å²) < 4.78 is 0. The molecule has 0 aromatic rings. The van der Waals surface area contributed by atoms with Crippen LogP contribution in [0.4, 0.5) is 0 Å². The molecule has 1 rings (SSSR count). The van der Waals surface area contributed by atoms with Gasteiger partial charge < -0.3 is 10.4 Å². The monoisotopic (exact) mass is 239 g/mol. The van der Waals surface area contributed by atoms with Gasteiger partial charge in [0.2, 0.25) is 0 Å². The highest BCUT2D eigenvalue weighted by molar-refractivity contribution is 4.91. The number of rotatable bonds is 8. The molecule has 100 valence electrons. The fourth-order valence-corrected chi connectivity index (χ4v) is 2.65. The van der Waals surface area contributed by atoms with E-state index in [0.717, 1.165) is 31.7 Å². The van der Waals surface area contributed by atoms with Crippen molar-refractivity contribution in [3.63, 3.8) is 0 Å². The van der Waals surface area contributed by atoms with Crippen LogP contribution in [0.3, 0.4) is 0 Å². The first-order valence-electron chi connectivity index (χ1n) is 7.19. The van der Waals surface area contributed by atoms with Crippen molar-refractivity contribution < 1.29 is 5.11 Å². The van der Waals surface area contributed by atoms with Gasteiger partial charge in [-0.15, -0.1) is 6.58 Å². The molecule has 0 atom stereocenters. The van der Waals surface area contributed by atoms with Gasteiger partial charge >= 0.3 is 0 Å². The van der Waals surface area contributed by atoms with Gasteiger partial charge in [-0.1, -0.05) is 19.4 Å². The Morgan fingerprint density at radius 1 is 1.29 bits per heavy atom. The highest BCUT2D eigenvalue weighted by Gasteiger charge is 2.32. The average molecular weight is 239 g/mol. The van der Waals surface area contributed by atoms with Gasteiger partial charge in [0.05, 0.1) is 6.61 Å². The summed E-state index contributed by atoms with van der Waals surface area (Å²) in [4.78, 5) is 0. The molecule has 0 aromatic carbocycles. The molecule has 1 saturated carbocycles. The summed E-state index contributed by atoms with van der Waals surface area (Å²) >= 11 is 0. The Labute approximate surface area is 106 Å². The van der Waals surface area contributed by atoms with Gasteiger partial charge in [0.25, 0.3) is 0 Å². The summed E-state index contributed by atoms with van der Waals surface area (Å²) in [5, 5.41) is 13.2. The molecule has 1 aliphatic rings. The van der Waals surface area contributed by atoms with E-state index in [1.165, 1.54) is 32.1 Å². The van der Waals surface area contributed by atoms with E-state index >= 15 is 0 Å². The van der Waals surface area contributed by atoms with Crippen LogP contribution >= 0.6 is 0 Å². The van der Waals surface area contributed by atoms with Crippen molar-refractivity contribution in [3.8, 4) is 0 Å². The van der Waals surface area contributed by atoms with Gasteiger partial charge in [-0.25, -0.2) is 0 Å². The first-order chi connectivity index (χ1) is 8.22. The molecular weight excluding hydrogens is 210 g/mol. The average Bonchev–Trinajstić information content (AvgIpc) is 2.36. The Balaban J connectivity index is 2.16. The Hall–Kier alpha value is -0.340. The van der Waals surface area contributed by atoms with Gasteiger partial charge in [0.15, 0.2) is 0 Å². The summed E-state index contributed by atoms with van der Waals surface area (Å²) in [7, 11) is 0. The highest BCUT2D eigenvalue weighted by atomic mass is 16.3. The number of nitrogens with one attached hydrogen (secondary N) is 1. The van der Waals surface area contributed by atoms with E-state index in [-0.39, 0.29) is 5.54 Å². The van der Waals surface area contributed by atoms with Crippen molar-refractivity contribution in [1.29, 1.82) is 0 Å². The van der Waals surface area contributed by atoms with E-state index in [1.54, 1.807) is 0 Å². The molecule has 17 heavy (non-hydrogen) atoms. The Morgan fingerprint density at radius 3 is 2.59 bits per heavy atom. The topological polar surface area (TPSA) is 32.3 Å². The summed E-state index contributed by atoms with van der Waals surface area (Å²) in [5.41, 5.74) is 0.0327. The van der Waals surface area contributed by atoms with E-state index in [2.05, 4.69) is 18.8 Å². The third kappa shape index (κ3) is 5.22. The largest absolute Gasteiger partial charge is 0.394 e. The van der Waals surface area contributed by atoms with Crippen LogP contribution < -0.4 is 5.32 Å². The van der Waals surface area contributed by atoms with Gasteiger partial charge in [-0.05, 0) is 57.4 Å². The second-order valence-corrected chi connectivity index (χ2v) is 5.69. The van der Waals surface area contributed by atoms with Crippen LogP contribution in [-0.4, -0.2) is 23.8 Å². The first-order valence-corrected chi connectivity index (χ1v) is 7.19. The molecule has 0 heterocycles. The predicted molar refractivity (Wildman–Crippen MR) is 74.1 cm³/mol. The minimum Gasteiger partial charge on any atom is -0.394 e. The summed E-state index contributed by atoms with van der Waals surface area (Å²) in [5.74, 6) is 0.837. The SMILES string of the molecule is C=CCCCCCNC1(CO)CCC(C)CC1. The van der Waals surface area contributed by atoms with E-state index in [0.29, 0.717) is 6.61 Å². The minimum atomic E-state index is 0.0327. The molecule has 2 N–H and O–H groups in total. The fourth-order valence-electron chi connectivity index (χ4n) is 2.65. The maximum absolute atomic E-state index is 9.59. The van der Waals surface area contributed by atoms with Crippen molar-refractivity contribution in [1.82, 2.24) is 5.32 Å². The summed E-state index contributed by atoms with van der Waals surface area (Å²) in [6.45, 7) is 7.40. The minimum absolute atomic E-state index is 0.0327. The molecular formula is C15H29NO. The van der Waals surface area contributed by atoms with Crippen LogP contribution in [0.5, 0.6) is 0 Å². The highest BCUT2D eigenvalue weighted by Crippen LogP contribution is 2.31. The molecule has 0 amide bonds. The lowest BCUT2D eigenvalue weighted by atomic mass is 9.77. The van der Waals surface area contributed by atoms with Gasteiger partial charge in [0.1, 0.15) is 0 Å². The summed E-state index contributed by atoms with van der Waals surface area (Å²) in [6.07, 6.45) is 11.6. The number of unbranched alkanes of at least 4 members (excludes halogenated alkanes) is 3. The number of hydrogen-bond acceptors (Lipinski definition) is 2. The van der Waals surface area contributed by atoms with Gasteiger partial charge in [0, 0.05) is 5.54 Å². The Morgan fingerprint density at radius 2 is 2.00 bits per heavy atom. The molecule has 1 aliphatic carbocycles. The second kappa shape index (κ2) is 7.88. The number of hydrogen-bond donors (Lipinski definition) is 2. The molecule has 0 spiro atoms. The van der Waals surface area contributed by atoms with Crippen LogP contribution in [0.25, 0.3) is 0 Å². The zero-order chi connectivity index (χ0) is 12.6. The smallest absolute Gasteiger partial charge is 0.0613 e. The molecule has 1 fully saturated rings. The number of allylic oxidation sites excluding steroid dienone is 1. The fraction of sp³-hybridized carbons (Fsp3) is 0.867. The van der Waals surface area contributed by atoms with Crippen LogP contribution in [0.2, 0.25) is 0 Å². The molecule has 2 heteroatoms. The lowest BCUT2D eigenvalue weighted by molar-refractivity contribution is 0.105. The molecule has 2 nitrogen and oxygen atoms in total. The Bertz CT molecular complexity index is 207. The zero-order valence-corrected chi connectivity index (χ0v) is 11.4. The third-order valence-electron chi connectivity index (χ3n) is 4.12. The van der Waals surface area contributed by atoms with E-state index in [1.807, 2.05) is 6.08 Å². The van der Waals surface area contributed by atoms with Crippen molar-refractivity contribution in [2.24, 2.45) is 5.92 Å².